The van der Waals surface area contributed by atoms with E-state index < -0.39 is 22.7 Å². The zero-order valence-corrected chi connectivity index (χ0v) is 14.3. The highest BCUT2D eigenvalue weighted by Crippen LogP contribution is 2.44. The number of rotatable bonds is 1. The Morgan fingerprint density at radius 1 is 1.30 bits per heavy atom. The zero-order chi connectivity index (χ0) is 17.6. The molecule has 0 saturated carbocycles. The minimum absolute atomic E-state index is 0.0110. The van der Waals surface area contributed by atoms with Crippen LogP contribution < -0.4 is 5.73 Å². The second-order valence-corrected chi connectivity index (χ2v) is 7.13. The molecule has 0 atom stereocenters. The average Bonchev–Trinajstić information content (AvgIpc) is 2.94. The van der Waals surface area contributed by atoms with Crippen LogP contribution in [0.4, 0.5) is 23.7 Å². The molecule has 2 aromatic rings. The molecule has 0 aliphatic carbocycles. The Kier molecular flexibility index (Phi) is 4.46. The van der Waals surface area contributed by atoms with Crippen molar-refractivity contribution < 1.29 is 22.7 Å². The first kappa shape index (κ1) is 17.7. The molecule has 0 aliphatic rings. The number of nitrogens with zero attached hydrogens (tertiary/aromatic N) is 1. The number of nitrogens with two attached hydrogens (primary N) is 1. The normalized spacial score (nSPS) is 12.5. The Balaban J connectivity index is 2.50. The molecular weight excluding hydrogens is 349 g/mol. The van der Waals surface area contributed by atoms with Gasteiger partial charge in [0.15, 0.2) is 0 Å². The predicted molar refractivity (Wildman–Crippen MR) is 86.0 cm³/mol. The fourth-order valence-electron chi connectivity index (χ4n) is 1.92. The van der Waals surface area contributed by atoms with E-state index in [1.165, 1.54) is 17.6 Å². The van der Waals surface area contributed by atoms with Crippen LogP contribution in [0.2, 0.25) is 0 Å². The van der Waals surface area contributed by atoms with Crippen molar-refractivity contribution in [3.63, 3.8) is 0 Å². The molecule has 0 spiro atoms. The molecule has 0 aromatic carbocycles. The molecule has 23 heavy (non-hydrogen) atoms. The molecule has 0 saturated heterocycles. The third-order valence-electron chi connectivity index (χ3n) is 2.82. The summed E-state index contributed by atoms with van der Waals surface area (Å²) in [4.78, 5) is 11.3. The maximum atomic E-state index is 13.0. The van der Waals surface area contributed by atoms with Gasteiger partial charge in [-0.2, -0.15) is 13.2 Å². The van der Waals surface area contributed by atoms with Crippen molar-refractivity contribution in [3.05, 3.63) is 22.5 Å². The molecule has 2 N–H and O–H groups in total. The summed E-state index contributed by atoms with van der Waals surface area (Å²) in [6, 6.07) is 1.31. The summed E-state index contributed by atoms with van der Waals surface area (Å²) < 4.78 is 45.3. The van der Waals surface area contributed by atoms with E-state index in [1.54, 1.807) is 20.8 Å². The van der Waals surface area contributed by atoms with Crippen LogP contribution in [0.5, 0.6) is 0 Å². The van der Waals surface area contributed by atoms with Crippen molar-refractivity contribution in [2.45, 2.75) is 37.6 Å². The third kappa shape index (κ3) is 3.66. The number of nitrogen functional groups attached to an aromatic ring is 1. The lowest BCUT2D eigenvalue weighted by molar-refractivity contribution is -0.133. The molecule has 9 heteroatoms. The van der Waals surface area contributed by atoms with E-state index in [9.17, 15) is 18.0 Å². The van der Waals surface area contributed by atoms with Gasteiger partial charge in [-0.15, -0.1) is 24.0 Å². The van der Waals surface area contributed by atoms with Crippen LogP contribution in [0.1, 0.15) is 25.6 Å². The van der Waals surface area contributed by atoms with E-state index in [2.05, 4.69) is 12.6 Å². The summed E-state index contributed by atoms with van der Waals surface area (Å²) in [5.41, 5.74) is 5.08. The van der Waals surface area contributed by atoms with E-state index in [-0.39, 0.29) is 21.8 Å². The Morgan fingerprint density at radius 3 is 2.43 bits per heavy atom. The number of hydrogen-bond donors (Lipinski definition) is 2. The molecule has 2 rings (SSSR count). The van der Waals surface area contributed by atoms with Gasteiger partial charge >= 0.3 is 12.3 Å². The van der Waals surface area contributed by atoms with Gasteiger partial charge in [0.25, 0.3) is 0 Å². The lowest BCUT2D eigenvalue weighted by Crippen LogP contribution is -2.27. The molecule has 0 aliphatic heterocycles. The largest absolute Gasteiger partial charge is 0.443 e. The number of hydrogen-bond acceptors (Lipinski definition) is 5. The van der Waals surface area contributed by atoms with Crippen LogP contribution in [0.3, 0.4) is 0 Å². The number of carbonyl (C=O) groups excluding carboxylic acids is 1. The first-order valence-corrected chi connectivity index (χ1v) is 7.82. The van der Waals surface area contributed by atoms with Gasteiger partial charge in [0, 0.05) is 17.3 Å². The number of aromatic nitrogens is 1. The lowest BCUT2D eigenvalue weighted by atomic mass is 10.1. The summed E-state index contributed by atoms with van der Waals surface area (Å²) >= 11 is 4.68. The summed E-state index contributed by atoms with van der Waals surface area (Å²) in [5, 5.41) is 1.36. The van der Waals surface area contributed by atoms with E-state index >= 15 is 0 Å². The molecule has 0 fully saturated rings. The summed E-state index contributed by atoms with van der Waals surface area (Å²) in [6.07, 6.45) is -4.05. The Morgan fingerprint density at radius 2 is 1.91 bits per heavy atom. The van der Waals surface area contributed by atoms with E-state index in [4.69, 9.17) is 10.5 Å². The van der Waals surface area contributed by atoms with E-state index in [0.29, 0.717) is 11.3 Å². The predicted octanol–water partition coefficient (Wildman–Crippen LogP) is 4.89. The van der Waals surface area contributed by atoms with Crippen LogP contribution >= 0.6 is 24.0 Å². The molecule has 0 bridgehead atoms. The number of anilines is 1. The van der Waals surface area contributed by atoms with Gasteiger partial charge in [-0.05, 0) is 32.2 Å². The van der Waals surface area contributed by atoms with Gasteiger partial charge in [0.1, 0.15) is 15.5 Å². The van der Waals surface area contributed by atoms with Crippen molar-refractivity contribution in [1.29, 1.82) is 0 Å². The highest BCUT2D eigenvalue weighted by Gasteiger charge is 2.36. The van der Waals surface area contributed by atoms with E-state index in [0.717, 1.165) is 4.57 Å². The van der Waals surface area contributed by atoms with Gasteiger partial charge < -0.3 is 10.5 Å². The molecule has 126 valence electrons. The van der Waals surface area contributed by atoms with Gasteiger partial charge in [0.05, 0.1) is 5.69 Å². The number of thiol groups is 1. The minimum atomic E-state index is -4.50. The minimum Gasteiger partial charge on any atom is -0.443 e. The standard InChI is InChI=1S/C14H15F3N2O2S2/c1-13(2,3)21-12(20)19-6-8(9(18)11(19)22)7-4-5-23-10(7)14(15,16)17/h4-6,22H,18H2,1-3H3. The maximum absolute atomic E-state index is 13.0. The number of ether oxygens (including phenoxy) is 1. The fourth-order valence-corrected chi connectivity index (χ4v) is 2.95. The van der Waals surface area contributed by atoms with Crippen molar-refractivity contribution in [1.82, 2.24) is 4.57 Å². The first-order chi connectivity index (χ1) is 10.4. The van der Waals surface area contributed by atoms with Crippen molar-refractivity contribution in [2.24, 2.45) is 0 Å². The zero-order valence-electron chi connectivity index (χ0n) is 12.6. The molecule has 0 radical (unpaired) electrons. The Bertz CT molecular complexity index is 742. The highest BCUT2D eigenvalue weighted by atomic mass is 32.1. The summed E-state index contributed by atoms with van der Waals surface area (Å²) in [6.45, 7) is 5.03. The molecule has 0 unspecified atom stereocenters. The number of alkyl halides is 3. The second-order valence-electron chi connectivity index (χ2n) is 5.79. The second kappa shape index (κ2) is 5.79. The van der Waals surface area contributed by atoms with Crippen molar-refractivity contribution in [2.75, 3.05) is 5.73 Å². The highest BCUT2D eigenvalue weighted by molar-refractivity contribution is 7.80. The molecule has 4 nitrogen and oxygen atoms in total. The fraction of sp³-hybridized carbons (Fsp3) is 0.357. The quantitative estimate of drug-likeness (QED) is 0.709. The molecule has 2 aromatic heterocycles. The van der Waals surface area contributed by atoms with Gasteiger partial charge in [0.2, 0.25) is 0 Å². The number of carbonyl (C=O) groups is 1. The van der Waals surface area contributed by atoms with Crippen LogP contribution in [-0.4, -0.2) is 16.3 Å². The first-order valence-electron chi connectivity index (χ1n) is 6.50. The molecular formula is C14H15F3N2O2S2. The van der Waals surface area contributed by atoms with Gasteiger partial charge in [-0.3, -0.25) is 0 Å². The van der Waals surface area contributed by atoms with E-state index in [1.807, 2.05) is 0 Å². The topological polar surface area (TPSA) is 57.2 Å². The maximum Gasteiger partial charge on any atom is 0.426 e. The van der Waals surface area contributed by atoms with Crippen LogP contribution in [-0.2, 0) is 10.9 Å². The van der Waals surface area contributed by atoms with Gasteiger partial charge in [-0.25, -0.2) is 9.36 Å². The Labute approximate surface area is 140 Å². The smallest absolute Gasteiger partial charge is 0.426 e. The monoisotopic (exact) mass is 364 g/mol. The number of thiophene rings is 1. The third-order valence-corrected chi connectivity index (χ3v) is 4.24. The average molecular weight is 364 g/mol. The summed E-state index contributed by atoms with van der Waals surface area (Å²) in [5.74, 6) is 0. The van der Waals surface area contributed by atoms with Crippen LogP contribution in [0.25, 0.3) is 11.1 Å². The SMILES string of the molecule is CC(C)(C)OC(=O)n1cc(-c2ccsc2C(F)(F)F)c(N)c1S. The molecule has 2 heterocycles. The van der Waals surface area contributed by atoms with Crippen LogP contribution in [0.15, 0.2) is 22.7 Å². The summed E-state index contributed by atoms with van der Waals surface area (Å²) in [7, 11) is 0. The Hall–Kier alpha value is -1.61. The van der Waals surface area contributed by atoms with Crippen LogP contribution in [0, 0.1) is 0 Å². The number of halogens is 3. The van der Waals surface area contributed by atoms with Crippen molar-refractivity contribution >= 4 is 35.7 Å². The van der Waals surface area contributed by atoms with Gasteiger partial charge in [-0.1, -0.05) is 0 Å². The lowest BCUT2D eigenvalue weighted by Gasteiger charge is -2.19. The van der Waals surface area contributed by atoms with Crippen molar-refractivity contribution in [3.8, 4) is 11.1 Å². The molecule has 0 amide bonds.